The summed E-state index contributed by atoms with van der Waals surface area (Å²) < 4.78 is 0. The number of hydrogen-bond donors (Lipinski definition) is 0. The molecule has 0 aromatic heterocycles. The molecule has 0 aromatic rings. The maximum Gasteiger partial charge on any atom is 0.0904 e. The Hall–Kier alpha value is 1.25. The standard InChI is InChI=1S/2C10H24P2.Mo.2N2/c2*1-5-11(6-2)9-10-12(7-3)8-4;;2*1-2/h2*5-10H2,1-4H3;;;/p+4. The molecule has 0 rings (SSSR count). The summed E-state index contributed by atoms with van der Waals surface area (Å²) in [6.07, 6.45) is 18.3. The summed E-state index contributed by atoms with van der Waals surface area (Å²) in [5.41, 5.74) is 0. The van der Waals surface area contributed by atoms with Gasteiger partial charge in [0.1, 0.15) is 0 Å². The van der Waals surface area contributed by atoms with Gasteiger partial charge in [-0.25, -0.2) is 0 Å². The zero-order valence-corrected chi connectivity index (χ0v) is 26.7. The van der Waals surface area contributed by atoms with E-state index in [1.165, 1.54) is 49.3 Å². The Morgan fingerprint density at radius 2 is 0.448 bits per heavy atom. The van der Waals surface area contributed by atoms with Crippen molar-refractivity contribution in [1.82, 2.24) is 0 Å². The Balaban J connectivity index is -0.000000109. The molecule has 0 radical (unpaired) electrons. The van der Waals surface area contributed by atoms with Crippen LogP contribution in [0.1, 0.15) is 55.4 Å². The van der Waals surface area contributed by atoms with Crippen molar-refractivity contribution in [1.29, 1.82) is 21.6 Å². The van der Waals surface area contributed by atoms with Crippen LogP contribution < -0.4 is 0 Å². The molecule has 0 bridgehead atoms. The molecule has 0 aromatic carbocycles. The molecule has 4 nitrogen and oxygen atoms in total. The zero-order valence-electron chi connectivity index (χ0n) is 20.7. The van der Waals surface area contributed by atoms with Gasteiger partial charge in [-0.05, 0) is 55.4 Å². The van der Waals surface area contributed by atoms with Gasteiger partial charge in [0, 0.05) is 74.3 Å². The van der Waals surface area contributed by atoms with E-state index in [1.54, 1.807) is 24.6 Å². The van der Waals surface area contributed by atoms with E-state index in [2.05, 4.69) is 55.4 Å². The van der Waals surface area contributed by atoms with Crippen LogP contribution in [0.2, 0.25) is 0 Å². The van der Waals surface area contributed by atoms with Crippen molar-refractivity contribution in [2.75, 3.05) is 73.9 Å². The molecule has 0 aliphatic rings. The average Bonchev–Trinajstić information content (AvgIpc) is 2.78. The molecule has 174 valence electrons. The molecule has 0 fully saturated rings. The first-order chi connectivity index (χ1) is 13.6. The van der Waals surface area contributed by atoms with Crippen LogP contribution in [0.4, 0.5) is 0 Å². The second-order valence-corrected chi connectivity index (χ2v) is 20.5. The quantitative estimate of drug-likeness (QED) is 0.128. The first-order valence-electron chi connectivity index (χ1n) is 11.3. The van der Waals surface area contributed by atoms with Gasteiger partial charge in [0.25, 0.3) is 0 Å². The Morgan fingerprint density at radius 3 is 0.517 bits per heavy atom. The first-order valence-corrected chi connectivity index (χ1v) is 19.8. The van der Waals surface area contributed by atoms with Crippen molar-refractivity contribution in [2.45, 2.75) is 55.4 Å². The molecule has 9 heteroatoms. The van der Waals surface area contributed by atoms with Gasteiger partial charge in [-0.1, -0.05) is 0 Å². The van der Waals surface area contributed by atoms with E-state index >= 15 is 0 Å². The normalized spacial score (nSPS) is 9.66. The van der Waals surface area contributed by atoms with Crippen LogP contribution in [-0.2, 0) is 21.1 Å². The van der Waals surface area contributed by atoms with E-state index in [0.29, 0.717) is 0 Å². The third-order valence-electron chi connectivity index (χ3n) is 5.66. The third kappa shape index (κ3) is 29.2. The summed E-state index contributed by atoms with van der Waals surface area (Å²) in [5.74, 6) is 0. The summed E-state index contributed by atoms with van der Waals surface area (Å²) in [6.45, 7) is 19.0. The smallest absolute Gasteiger partial charge is 0.0313 e. The largest absolute Gasteiger partial charge is 0.0904 e. The van der Waals surface area contributed by atoms with Gasteiger partial charge in [-0.15, -0.1) is 0 Å². The van der Waals surface area contributed by atoms with Gasteiger partial charge in [0.2, 0.25) is 0 Å². The first kappa shape index (κ1) is 40.6. The van der Waals surface area contributed by atoms with Crippen molar-refractivity contribution in [3.63, 3.8) is 0 Å². The molecule has 0 heterocycles. The second-order valence-electron chi connectivity index (χ2n) is 6.83. The third-order valence-corrected chi connectivity index (χ3v) is 18.5. The van der Waals surface area contributed by atoms with Gasteiger partial charge < -0.3 is 0 Å². The number of nitrogens with zero attached hydrogens (tertiary/aromatic N) is 4. The maximum absolute atomic E-state index is 6.00. The molecule has 0 amide bonds. The van der Waals surface area contributed by atoms with Crippen molar-refractivity contribution < 1.29 is 21.1 Å². The predicted octanol–water partition coefficient (Wildman–Crippen LogP) is 7.05. The number of hydrogen-bond acceptors (Lipinski definition) is 4. The van der Waals surface area contributed by atoms with Crippen LogP contribution in [0.3, 0.4) is 0 Å². The van der Waals surface area contributed by atoms with Gasteiger partial charge in [-0.3, -0.25) is 0 Å². The van der Waals surface area contributed by atoms with E-state index in [9.17, 15) is 0 Å². The molecule has 0 spiro atoms. The van der Waals surface area contributed by atoms with Crippen molar-refractivity contribution in [2.24, 2.45) is 0 Å². The summed E-state index contributed by atoms with van der Waals surface area (Å²) in [7, 11) is 0.349. The summed E-state index contributed by atoms with van der Waals surface area (Å²) >= 11 is 0. The van der Waals surface area contributed by atoms with Crippen LogP contribution in [0, 0.1) is 21.6 Å². The Morgan fingerprint density at radius 1 is 0.345 bits per heavy atom. The van der Waals surface area contributed by atoms with E-state index in [0.717, 1.165) is 0 Å². The fraction of sp³-hybridized carbons (Fsp3) is 1.00. The molecule has 0 aliphatic heterocycles. The molecule has 29 heavy (non-hydrogen) atoms. The minimum absolute atomic E-state index is 0. The van der Waals surface area contributed by atoms with Gasteiger partial charge >= 0.3 is 0 Å². The molecule has 0 unspecified atom stereocenters. The molecule has 0 aliphatic carbocycles. The van der Waals surface area contributed by atoms with Crippen LogP contribution in [0.5, 0.6) is 0 Å². The average molecular weight is 569 g/mol. The van der Waals surface area contributed by atoms with Crippen LogP contribution in [0.15, 0.2) is 0 Å². The fourth-order valence-corrected chi connectivity index (χ4v) is 13.6. The minimum Gasteiger partial charge on any atom is -0.0313 e. The number of rotatable bonds is 14. The molecule has 0 saturated carbocycles. The minimum atomic E-state index is 0. The van der Waals surface area contributed by atoms with Crippen LogP contribution in [-0.4, -0.2) is 73.9 Å². The van der Waals surface area contributed by atoms with Gasteiger partial charge in [-0.2, -0.15) is 0 Å². The SMILES string of the molecule is CC[PH+](CC)CC[PH+](CC)CC.CC[PH+](CC)CC[PH+](CC)CC.N#N.N#N.[Mo]. The Kier molecular flexibility index (Phi) is 51.2. The summed E-state index contributed by atoms with van der Waals surface area (Å²) in [6, 6.07) is 0. The molecule has 0 atom stereocenters. The van der Waals surface area contributed by atoms with E-state index in [4.69, 9.17) is 21.6 Å². The topological polar surface area (TPSA) is 95.2 Å². The second kappa shape index (κ2) is 36.6. The Bertz CT molecular complexity index is 253. The van der Waals surface area contributed by atoms with Crippen molar-refractivity contribution in [3.05, 3.63) is 0 Å². The molecular weight excluding hydrogens is 516 g/mol. The maximum atomic E-state index is 6.00. The predicted molar refractivity (Wildman–Crippen MR) is 144 cm³/mol. The molecule has 0 N–H and O–H groups in total. The van der Waals surface area contributed by atoms with Crippen LogP contribution >= 0.6 is 31.7 Å². The zero-order chi connectivity index (χ0) is 22.8. The molecular formula is C20H52MoN4P4+4. The van der Waals surface area contributed by atoms with Gasteiger partial charge in [0.05, 0.1) is 73.9 Å². The fourth-order valence-electron chi connectivity index (χ4n) is 3.12. The van der Waals surface area contributed by atoms with Gasteiger partial charge in [0.15, 0.2) is 0 Å². The Labute approximate surface area is 203 Å². The van der Waals surface area contributed by atoms with E-state index in [-0.39, 0.29) is 52.8 Å². The van der Waals surface area contributed by atoms with E-state index in [1.807, 2.05) is 0 Å². The summed E-state index contributed by atoms with van der Waals surface area (Å²) in [4.78, 5) is 0. The van der Waals surface area contributed by atoms with Crippen LogP contribution in [0.25, 0.3) is 0 Å². The van der Waals surface area contributed by atoms with Crippen molar-refractivity contribution in [3.8, 4) is 0 Å². The monoisotopic (exact) mass is 570 g/mol. The summed E-state index contributed by atoms with van der Waals surface area (Å²) in [5, 5.41) is 24.0. The van der Waals surface area contributed by atoms with Crippen molar-refractivity contribution >= 4 is 31.7 Å². The van der Waals surface area contributed by atoms with E-state index < -0.39 is 0 Å². The molecule has 0 saturated heterocycles.